The van der Waals surface area contributed by atoms with Crippen molar-refractivity contribution in [3.63, 3.8) is 0 Å². The van der Waals surface area contributed by atoms with Crippen molar-refractivity contribution in [2.75, 3.05) is 38.7 Å². The molecule has 1 N–H and O–H groups in total. The molecule has 0 atom stereocenters. The molecule has 1 amide bonds. The maximum absolute atomic E-state index is 12.7. The molecule has 0 radical (unpaired) electrons. The molecule has 1 heterocycles. The number of ether oxygens (including phenoxy) is 2. The normalized spacial score (nSPS) is 15.3. The third-order valence-electron chi connectivity index (χ3n) is 4.11. The van der Waals surface area contributed by atoms with Gasteiger partial charge in [-0.25, -0.2) is 8.42 Å². The number of carbonyl (C=O) groups is 1. The summed E-state index contributed by atoms with van der Waals surface area (Å²) in [6.45, 7) is 1.31. The van der Waals surface area contributed by atoms with E-state index in [1.54, 1.807) is 30.3 Å². The third-order valence-corrected chi connectivity index (χ3v) is 6.30. The summed E-state index contributed by atoms with van der Waals surface area (Å²) in [6, 6.07) is 10.8. The van der Waals surface area contributed by atoms with E-state index in [0.29, 0.717) is 42.8 Å². The van der Waals surface area contributed by atoms with Gasteiger partial charge in [0.2, 0.25) is 10.0 Å². The number of halogens is 1. The Hall–Kier alpha value is -2.13. The van der Waals surface area contributed by atoms with E-state index >= 15 is 0 Å². The number of methoxy groups -OCH3 is 1. The molecule has 3 rings (SSSR count). The number of anilines is 1. The standard InChI is InChI=1S/C18H19ClN2O5S/c1-25-17-6-5-14(12-16(17)19)20-18(22)13-3-2-4-15(11-13)27(23,24)21-7-9-26-10-8-21/h2-6,11-12H,7-10H2,1H3,(H,20,22). The quantitative estimate of drug-likeness (QED) is 0.819. The summed E-state index contributed by atoms with van der Waals surface area (Å²) in [5, 5.41) is 3.06. The van der Waals surface area contributed by atoms with Gasteiger partial charge in [-0.3, -0.25) is 4.79 Å². The fourth-order valence-corrected chi connectivity index (χ4v) is 4.39. The molecule has 9 heteroatoms. The van der Waals surface area contributed by atoms with Gasteiger partial charge in [-0.15, -0.1) is 0 Å². The number of nitrogens with one attached hydrogen (secondary N) is 1. The van der Waals surface area contributed by atoms with Crippen LogP contribution in [-0.4, -0.2) is 52.0 Å². The maximum Gasteiger partial charge on any atom is 0.255 e. The predicted molar refractivity (Wildman–Crippen MR) is 102 cm³/mol. The molecule has 27 heavy (non-hydrogen) atoms. The van der Waals surface area contributed by atoms with Gasteiger partial charge in [0.15, 0.2) is 0 Å². The minimum absolute atomic E-state index is 0.0739. The van der Waals surface area contributed by atoms with E-state index in [1.807, 2.05) is 0 Å². The maximum atomic E-state index is 12.7. The second-order valence-electron chi connectivity index (χ2n) is 5.85. The second kappa shape index (κ2) is 8.26. The van der Waals surface area contributed by atoms with Gasteiger partial charge in [-0.2, -0.15) is 4.31 Å². The average Bonchev–Trinajstić information content (AvgIpc) is 2.69. The number of morpholine rings is 1. The number of sulfonamides is 1. The summed E-state index contributed by atoms with van der Waals surface area (Å²) >= 11 is 6.06. The highest BCUT2D eigenvalue weighted by molar-refractivity contribution is 7.89. The molecule has 1 aliphatic rings. The molecule has 7 nitrogen and oxygen atoms in total. The van der Waals surface area contributed by atoms with Gasteiger partial charge in [0.25, 0.3) is 5.91 Å². The lowest BCUT2D eigenvalue weighted by atomic mass is 10.2. The van der Waals surface area contributed by atoms with E-state index in [4.69, 9.17) is 21.1 Å². The van der Waals surface area contributed by atoms with Crippen molar-refractivity contribution in [3.8, 4) is 5.75 Å². The number of benzene rings is 2. The number of hydrogen-bond donors (Lipinski definition) is 1. The van der Waals surface area contributed by atoms with E-state index in [0.717, 1.165) is 0 Å². The molecule has 1 aliphatic heterocycles. The van der Waals surface area contributed by atoms with E-state index in [-0.39, 0.29) is 10.5 Å². The number of carbonyl (C=O) groups excluding carboxylic acids is 1. The predicted octanol–water partition coefficient (Wildman–Crippen LogP) is 2.62. The molecule has 144 valence electrons. The first-order chi connectivity index (χ1) is 12.9. The first kappa shape index (κ1) is 19.6. The van der Waals surface area contributed by atoms with Gasteiger partial charge >= 0.3 is 0 Å². The summed E-state index contributed by atoms with van der Waals surface area (Å²) in [5.74, 6) is 0.0588. The number of hydrogen-bond acceptors (Lipinski definition) is 5. The van der Waals surface area contributed by atoms with Crippen molar-refractivity contribution in [1.29, 1.82) is 0 Å². The molecule has 0 unspecified atom stereocenters. The lowest BCUT2D eigenvalue weighted by Gasteiger charge is -2.26. The van der Waals surface area contributed by atoms with Crippen molar-refractivity contribution >= 4 is 33.2 Å². The Labute approximate surface area is 162 Å². The second-order valence-corrected chi connectivity index (χ2v) is 8.19. The van der Waals surface area contributed by atoms with Gasteiger partial charge in [0, 0.05) is 24.3 Å². The Bertz CT molecular complexity index is 943. The Morgan fingerprint density at radius 3 is 2.59 bits per heavy atom. The zero-order chi connectivity index (χ0) is 19.4. The van der Waals surface area contributed by atoms with Crippen LogP contribution >= 0.6 is 11.6 Å². The van der Waals surface area contributed by atoms with Crippen LogP contribution < -0.4 is 10.1 Å². The van der Waals surface area contributed by atoms with Gasteiger partial charge in [-0.05, 0) is 36.4 Å². The van der Waals surface area contributed by atoms with Crippen LogP contribution in [0, 0.1) is 0 Å². The molecule has 1 fully saturated rings. The van der Waals surface area contributed by atoms with Crippen LogP contribution in [0.5, 0.6) is 5.75 Å². The lowest BCUT2D eigenvalue weighted by Crippen LogP contribution is -2.40. The summed E-state index contributed by atoms with van der Waals surface area (Å²) in [5.41, 5.74) is 0.712. The van der Waals surface area contributed by atoms with E-state index in [1.165, 1.54) is 23.5 Å². The molecule has 0 bridgehead atoms. The summed E-state index contributed by atoms with van der Waals surface area (Å²) in [6.07, 6.45) is 0. The zero-order valence-electron chi connectivity index (χ0n) is 14.6. The minimum Gasteiger partial charge on any atom is -0.495 e. The molecule has 0 saturated carbocycles. The van der Waals surface area contributed by atoms with Crippen molar-refractivity contribution in [1.82, 2.24) is 4.31 Å². The van der Waals surface area contributed by atoms with Gasteiger partial charge in [-0.1, -0.05) is 17.7 Å². The van der Waals surface area contributed by atoms with E-state index in [2.05, 4.69) is 5.32 Å². The Kier molecular flexibility index (Phi) is 6.01. The van der Waals surface area contributed by atoms with Crippen LogP contribution in [0.3, 0.4) is 0 Å². The summed E-state index contributed by atoms with van der Waals surface area (Å²) < 4.78 is 37.1. The first-order valence-electron chi connectivity index (χ1n) is 8.24. The van der Waals surface area contributed by atoms with Crippen LogP contribution in [-0.2, 0) is 14.8 Å². The van der Waals surface area contributed by atoms with Crippen molar-refractivity contribution in [3.05, 3.63) is 53.1 Å². The largest absolute Gasteiger partial charge is 0.495 e. The topological polar surface area (TPSA) is 84.9 Å². The van der Waals surface area contributed by atoms with Crippen molar-refractivity contribution in [2.45, 2.75) is 4.90 Å². The minimum atomic E-state index is -3.67. The Balaban J connectivity index is 1.80. The molecule has 0 spiro atoms. The fraction of sp³-hybridized carbons (Fsp3) is 0.278. The molecule has 2 aromatic rings. The van der Waals surface area contributed by atoms with E-state index < -0.39 is 15.9 Å². The van der Waals surface area contributed by atoms with E-state index in [9.17, 15) is 13.2 Å². The number of amides is 1. The van der Waals surface area contributed by atoms with Gasteiger partial charge in [0.05, 0.1) is 30.2 Å². The van der Waals surface area contributed by atoms with Crippen molar-refractivity contribution < 1.29 is 22.7 Å². The number of rotatable bonds is 5. The average molecular weight is 411 g/mol. The summed E-state index contributed by atoms with van der Waals surface area (Å²) in [7, 11) is -2.17. The highest BCUT2D eigenvalue weighted by Gasteiger charge is 2.26. The van der Waals surface area contributed by atoms with Gasteiger partial charge < -0.3 is 14.8 Å². The van der Waals surface area contributed by atoms with Gasteiger partial charge in [0.1, 0.15) is 5.75 Å². The SMILES string of the molecule is COc1ccc(NC(=O)c2cccc(S(=O)(=O)N3CCOCC3)c2)cc1Cl. The van der Waals surface area contributed by atoms with Crippen LogP contribution in [0.15, 0.2) is 47.4 Å². The zero-order valence-corrected chi connectivity index (χ0v) is 16.2. The van der Waals surface area contributed by atoms with Crippen LogP contribution in [0.25, 0.3) is 0 Å². The summed E-state index contributed by atoms with van der Waals surface area (Å²) in [4.78, 5) is 12.6. The smallest absolute Gasteiger partial charge is 0.255 e. The van der Waals surface area contributed by atoms with Crippen LogP contribution in [0.1, 0.15) is 10.4 Å². The number of nitrogens with zero attached hydrogens (tertiary/aromatic N) is 1. The highest BCUT2D eigenvalue weighted by atomic mass is 35.5. The lowest BCUT2D eigenvalue weighted by molar-refractivity contribution is 0.0730. The van der Waals surface area contributed by atoms with Crippen molar-refractivity contribution in [2.24, 2.45) is 0 Å². The monoisotopic (exact) mass is 410 g/mol. The molecule has 0 aliphatic carbocycles. The van der Waals surface area contributed by atoms with Crippen LogP contribution in [0.4, 0.5) is 5.69 Å². The fourth-order valence-electron chi connectivity index (χ4n) is 2.68. The highest BCUT2D eigenvalue weighted by Crippen LogP contribution is 2.27. The molecular formula is C18H19ClN2O5S. The molecular weight excluding hydrogens is 392 g/mol. The Morgan fingerprint density at radius 1 is 1.19 bits per heavy atom. The van der Waals surface area contributed by atoms with Crippen LogP contribution in [0.2, 0.25) is 5.02 Å². The third kappa shape index (κ3) is 4.41. The molecule has 1 saturated heterocycles. The Morgan fingerprint density at radius 2 is 1.93 bits per heavy atom. The first-order valence-corrected chi connectivity index (χ1v) is 10.1. The molecule has 2 aromatic carbocycles. The molecule has 0 aromatic heterocycles.